The molecule has 1 N–H and O–H groups in total. The van der Waals surface area contributed by atoms with E-state index in [4.69, 9.17) is 30.1 Å². The van der Waals surface area contributed by atoms with Crippen molar-refractivity contribution in [2.45, 2.75) is 64.0 Å². The van der Waals surface area contributed by atoms with Gasteiger partial charge in [-0.25, -0.2) is 4.79 Å². The summed E-state index contributed by atoms with van der Waals surface area (Å²) in [6.45, 7) is 3.04. The minimum atomic E-state index is -1.79. The number of carbonyl (C=O) groups excluding carboxylic acids is 4. The molecule has 2 rings (SSSR count). The summed E-state index contributed by atoms with van der Waals surface area (Å²) in [5, 5.41) is 21.8. The highest BCUT2D eigenvalue weighted by atomic mass is 16.7. The lowest BCUT2D eigenvalue weighted by Gasteiger charge is -2.42. The van der Waals surface area contributed by atoms with Gasteiger partial charge in [0.05, 0.1) is 18.1 Å². The van der Waals surface area contributed by atoms with Crippen LogP contribution in [0.15, 0.2) is 18.2 Å². The average molecular weight is 523 g/mol. The van der Waals surface area contributed by atoms with Crippen molar-refractivity contribution in [3.05, 3.63) is 33.9 Å². The van der Waals surface area contributed by atoms with Crippen LogP contribution in [0, 0.1) is 22.5 Å². The van der Waals surface area contributed by atoms with E-state index < -0.39 is 77.0 Å². The van der Waals surface area contributed by atoms with E-state index in [1.807, 2.05) is 0 Å². The second-order valence-electron chi connectivity index (χ2n) is 7.70. The first-order chi connectivity index (χ1) is 17.4. The van der Waals surface area contributed by atoms with Gasteiger partial charge in [-0.3, -0.25) is 24.5 Å². The Hall–Kier alpha value is -4.22. The van der Waals surface area contributed by atoms with Gasteiger partial charge in [0.1, 0.15) is 0 Å². The Morgan fingerprint density at radius 2 is 1.65 bits per heavy atom. The second kappa shape index (κ2) is 12.7. The molecule has 200 valence electrons. The Balaban J connectivity index is 2.59. The summed E-state index contributed by atoms with van der Waals surface area (Å²) in [4.78, 5) is 58.9. The average Bonchev–Trinajstić information content (AvgIpc) is 2.81. The maximum atomic E-state index is 12.5. The molecule has 0 aliphatic carbocycles. The van der Waals surface area contributed by atoms with Gasteiger partial charge in [-0.2, -0.15) is 0 Å². The molecular formula is C23H25NO13. The highest BCUT2D eigenvalue weighted by molar-refractivity contribution is 5.77. The molecule has 37 heavy (non-hydrogen) atoms. The van der Waals surface area contributed by atoms with Gasteiger partial charge in [0.2, 0.25) is 12.4 Å². The third-order valence-corrected chi connectivity index (χ3v) is 4.95. The first kappa shape index (κ1) is 29.0. The number of terminal acetylenes is 1. The van der Waals surface area contributed by atoms with Crippen molar-refractivity contribution < 1.29 is 57.6 Å². The standard InChI is InChI=1S/C23H25NO13/c1-6-7-16(28)14-8-9-17(15(10-14)24(30)31)36-23-21(35-13(4)27)19(34-12(3)26)18(33-11(2)25)20(37-23)22(29)32-5/h1,8-10,16,18-21,23,28H,7H2,2-5H3/t16?,18-,19?,20?,21-,23+/m0/s1. The molecule has 0 spiro atoms. The van der Waals surface area contributed by atoms with Gasteiger partial charge in [-0.1, -0.05) is 6.07 Å². The number of aliphatic hydroxyl groups is 1. The van der Waals surface area contributed by atoms with Crippen LogP contribution in [-0.4, -0.2) is 71.7 Å². The molecule has 0 saturated carbocycles. The normalized spacial score (nSPS) is 23.5. The predicted octanol–water partition coefficient (Wildman–Crippen LogP) is 0.723. The summed E-state index contributed by atoms with van der Waals surface area (Å²) in [6.07, 6.45) is -4.58. The topological polar surface area (TPSA) is 187 Å². The van der Waals surface area contributed by atoms with E-state index >= 15 is 0 Å². The molecule has 3 unspecified atom stereocenters. The summed E-state index contributed by atoms with van der Waals surface area (Å²) >= 11 is 0. The van der Waals surface area contributed by atoms with Crippen molar-refractivity contribution in [3.63, 3.8) is 0 Å². The molecule has 1 aliphatic rings. The number of carbonyl (C=O) groups is 4. The molecule has 14 heteroatoms. The van der Waals surface area contributed by atoms with Crippen molar-refractivity contribution in [2.24, 2.45) is 0 Å². The van der Waals surface area contributed by atoms with Gasteiger partial charge in [-0.05, 0) is 11.6 Å². The SMILES string of the molecule is C#CCC(O)c1ccc(O[C@@H]2OC(C(=O)OC)[C@@H](OC(C)=O)C(OC(C)=O)[C@@H]2OC(C)=O)c([N+](=O)[O-])c1. The van der Waals surface area contributed by atoms with Crippen molar-refractivity contribution in [2.75, 3.05) is 7.11 Å². The fourth-order valence-electron chi connectivity index (χ4n) is 3.51. The van der Waals surface area contributed by atoms with Crippen molar-refractivity contribution in [1.82, 2.24) is 0 Å². The van der Waals surface area contributed by atoms with Crippen LogP contribution in [0.5, 0.6) is 5.75 Å². The van der Waals surface area contributed by atoms with Gasteiger partial charge in [0.15, 0.2) is 24.1 Å². The van der Waals surface area contributed by atoms with Crippen LogP contribution in [0.3, 0.4) is 0 Å². The van der Waals surface area contributed by atoms with E-state index in [1.165, 1.54) is 6.07 Å². The number of methoxy groups -OCH3 is 1. The van der Waals surface area contributed by atoms with Gasteiger partial charge in [0, 0.05) is 33.3 Å². The fourth-order valence-corrected chi connectivity index (χ4v) is 3.51. The number of nitro groups is 1. The van der Waals surface area contributed by atoms with Crippen molar-refractivity contribution in [3.8, 4) is 18.1 Å². The molecule has 1 aromatic rings. The third kappa shape index (κ3) is 7.38. The predicted molar refractivity (Wildman–Crippen MR) is 119 cm³/mol. The third-order valence-electron chi connectivity index (χ3n) is 4.95. The van der Waals surface area contributed by atoms with Crippen LogP contribution >= 0.6 is 0 Å². The maximum Gasteiger partial charge on any atom is 0.339 e. The Kier molecular flexibility index (Phi) is 9.92. The van der Waals surface area contributed by atoms with E-state index in [9.17, 15) is 34.4 Å². The summed E-state index contributed by atoms with van der Waals surface area (Å²) in [6, 6.07) is 3.45. The van der Waals surface area contributed by atoms with Crippen LogP contribution in [0.2, 0.25) is 0 Å². The minimum absolute atomic E-state index is 0.111. The Bertz CT molecular complexity index is 1090. The Labute approximate surface area is 210 Å². The highest BCUT2D eigenvalue weighted by Gasteiger charge is 2.56. The maximum absolute atomic E-state index is 12.5. The molecule has 1 fully saturated rings. The number of nitrogens with zero attached hydrogens (tertiary/aromatic N) is 1. The van der Waals surface area contributed by atoms with Crippen molar-refractivity contribution >= 4 is 29.6 Å². The molecule has 1 aromatic carbocycles. The number of rotatable bonds is 9. The van der Waals surface area contributed by atoms with Crippen LogP contribution in [0.4, 0.5) is 5.69 Å². The molecule has 1 saturated heterocycles. The first-order valence-corrected chi connectivity index (χ1v) is 10.7. The van der Waals surface area contributed by atoms with Crippen LogP contribution in [0.1, 0.15) is 38.9 Å². The second-order valence-corrected chi connectivity index (χ2v) is 7.70. The number of nitro benzene ring substituents is 1. The smallest absolute Gasteiger partial charge is 0.339 e. The Morgan fingerprint density at radius 1 is 1.08 bits per heavy atom. The number of hydrogen-bond acceptors (Lipinski definition) is 13. The molecule has 14 nitrogen and oxygen atoms in total. The zero-order chi connectivity index (χ0) is 27.9. The molecule has 0 radical (unpaired) electrons. The summed E-state index contributed by atoms with van der Waals surface area (Å²) in [5.74, 6) is -1.94. The van der Waals surface area contributed by atoms with E-state index in [1.54, 1.807) is 0 Å². The lowest BCUT2D eigenvalue weighted by atomic mass is 9.97. The molecule has 1 aliphatic heterocycles. The number of ether oxygens (including phenoxy) is 6. The van der Waals surface area contributed by atoms with E-state index in [0.717, 1.165) is 40.0 Å². The molecule has 1 heterocycles. The van der Waals surface area contributed by atoms with E-state index in [2.05, 4.69) is 10.7 Å². The van der Waals surface area contributed by atoms with Gasteiger partial charge in [0.25, 0.3) is 0 Å². The first-order valence-electron chi connectivity index (χ1n) is 10.7. The zero-order valence-corrected chi connectivity index (χ0v) is 20.3. The van der Waals surface area contributed by atoms with Gasteiger partial charge < -0.3 is 33.5 Å². The highest BCUT2D eigenvalue weighted by Crippen LogP contribution is 2.36. The van der Waals surface area contributed by atoms with Crippen LogP contribution < -0.4 is 4.74 Å². The molecular weight excluding hydrogens is 498 g/mol. The largest absolute Gasteiger partial charge is 0.467 e. The van der Waals surface area contributed by atoms with E-state index in [-0.39, 0.29) is 12.0 Å². The summed E-state index contributed by atoms with van der Waals surface area (Å²) in [7, 11) is 1.01. The van der Waals surface area contributed by atoms with Crippen LogP contribution in [0.25, 0.3) is 0 Å². The minimum Gasteiger partial charge on any atom is -0.467 e. The molecule has 0 aromatic heterocycles. The number of benzene rings is 1. The number of aliphatic hydroxyl groups excluding tert-OH is 1. The summed E-state index contributed by atoms with van der Waals surface area (Å²) in [5.41, 5.74) is -0.502. The zero-order valence-electron chi connectivity index (χ0n) is 20.3. The monoisotopic (exact) mass is 523 g/mol. The Morgan fingerprint density at radius 3 is 2.16 bits per heavy atom. The molecule has 0 bridgehead atoms. The van der Waals surface area contributed by atoms with E-state index in [0.29, 0.717) is 0 Å². The lowest BCUT2D eigenvalue weighted by molar-refractivity contribution is -0.387. The molecule has 0 amide bonds. The summed E-state index contributed by atoms with van der Waals surface area (Å²) < 4.78 is 31.5. The van der Waals surface area contributed by atoms with Gasteiger partial charge in [-0.15, -0.1) is 12.3 Å². The number of hydrogen-bond donors (Lipinski definition) is 1. The van der Waals surface area contributed by atoms with Gasteiger partial charge >= 0.3 is 29.6 Å². The van der Waals surface area contributed by atoms with Crippen LogP contribution in [-0.2, 0) is 42.9 Å². The molecule has 6 atom stereocenters. The fraction of sp³-hybridized carbons (Fsp3) is 0.478. The number of esters is 4. The van der Waals surface area contributed by atoms with Crippen molar-refractivity contribution in [1.29, 1.82) is 0 Å². The quantitative estimate of drug-likeness (QED) is 0.157. The lowest BCUT2D eigenvalue weighted by Crippen LogP contribution is -2.64.